The van der Waals surface area contributed by atoms with Crippen LogP contribution in [-0.4, -0.2) is 37.7 Å². The molecule has 1 aromatic rings. The molecule has 2 aliphatic rings. The highest BCUT2D eigenvalue weighted by molar-refractivity contribution is 5.33. The lowest BCUT2D eigenvalue weighted by atomic mass is 9.95. The van der Waals surface area contributed by atoms with E-state index in [0.717, 1.165) is 24.1 Å². The molecule has 2 saturated heterocycles. The van der Waals surface area contributed by atoms with Crippen LogP contribution < -0.4 is 10.1 Å². The van der Waals surface area contributed by atoms with Crippen molar-refractivity contribution in [1.29, 1.82) is 0 Å². The molecule has 3 rings (SSSR count). The third-order valence-electron chi connectivity index (χ3n) is 4.62. The van der Waals surface area contributed by atoms with Crippen molar-refractivity contribution >= 4 is 0 Å². The minimum absolute atomic E-state index is 0.676. The van der Waals surface area contributed by atoms with Gasteiger partial charge in [0.15, 0.2) is 0 Å². The zero-order valence-corrected chi connectivity index (χ0v) is 11.2. The van der Waals surface area contributed by atoms with E-state index in [0.29, 0.717) is 6.04 Å². The molecule has 0 amide bonds. The van der Waals surface area contributed by atoms with E-state index in [-0.39, 0.29) is 0 Å². The molecule has 0 aliphatic carbocycles. The smallest absolute Gasteiger partial charge is 0.123 e. The maximum Gasteiger partial charge on any atom is 0.123 e. The van der Waals surface area contributed by atoms with Crippen LogP contribution in [0.5, 0.6) is 5.75 Å². The van der Waals surface area contributed by atoms with Crippen molar-refractivity contribution in [3.63, 3.8) is 0 Å². The van der Waals surface area contributed by atoms with Gasteiger partial charge >= 0.3 is 0 Å². The molecule has 0 saturated carbocycles. The van der Waals surface area contributed by atoms with Gasteiger partial charge in [0.2, 0.25) is 0 Å². The molecule has 0 bridgehead atoms. The molecule has 2 heterocycles. The Kier molecular flexibility index (Phi) is 3.27. The number of fused-ring (bicyclic) bond motifs is 1. The summed E-state index contributed by atoms with van der Waals surface area (Å²) >= 11 is 0. The van der Waals surface area contributed by atoms with Crippen molar-refractivity contribution in [2.45, 2.75) is 19.5 Å². The Balaban J connectivity index is 1.73. The van der Waals surface area contributed by atoms with Gasteiger partial charge in [0, 0.05) is 24.7 Å². The molecule has 0 spiro atoms. The minimum Gasteiger partial charge on any atom is -0.496 e. The monoisotopic (exact) mass is 246 g/mol. The Morgan fingerprint density at radius 1 is 1.33 bits per heavy atom. The molecular formula is C15H22N2O. The molecule has 3 heteroatoms. The molecule has 18 heavy (non-hydrogen) atoms. The number of hydrogen-bond donors (Lipinski definition) is 1. The Bertz CT molecular complexity index is 421. The number of methoxy groups -OCH3 is 1. The number of ether oxygens (including phenoxy) is 1. The third kappa shape index (κ3) is 2.02. The van der Waals surface area contributed by atoms with Crippen molar-refractivity contribution in [3.8, 4) is 5.75 Å². The van der Waals surface area contributed by atoms with Gasteiger partial charge in [-0.2, -0.15) is 0 Å². The van der Waals surface area contributed by atoms with Crippen LogP contribution in [-0.2, 0) is 6.54 Å². The standard InChI is InChI=1S/C15H22N2O/c1-11-14-8-16-7-13(14)10-17(11)9-12-5-3-4-6-15(12)18-2/h3-6,11,13-14,16H,7-10H2,1-2H3. The predicted molar refractivity (Wildman–Crippen MR) is 72.7 cm³/mol. The van der Waals surface area contributed by atoms with E-state index >= 15 is 0 Å². The summed E-state index contributed by atoms with van der Waals surface area (Å²) in [6, 6.07) is 9.04. The van der Waals surface area contributed by atoms with Gasteiger partial charge in [-0.3, -0.25) is 4.90 Å². The first-order valence-corrected chi connectivity index (χ1v) is 6.86. The van der Waals surface area contributed by atoms with Gasteiger partial charge in [-0.25, -0.2) is 0 Å². The number of rotatable bonds is 3. The molecule has 2 aliphatic heterocycles. The summed E-state index contributed by atoms with van der Waals surface area (Å²) in [4.78, 5) is 2.61. The fourth-order valence-electron chi connectivity index (χ4n) is 3.52. The summed E-state index contributed by atoms with van der Waals surface area (Å²) in [5, 5.41) is 3.51. The van der Waals surface area contributed by atoms with Crippen molar-refractivity contribution in [2.75, 3.05) is 26.7 Å². The second kappa shape index (κ2) is 4.90. The Hall–Kier alpha value is -1.06. The van der Waals surface area contributed by atoms with Crippen LogP contribution in [0.3, 0.4) is 0 Å². The van der Waals surface area contributed by atoms with E-state index in [2.05, 4.69) is 35.3 Å². The summed E-state index contributed by atoms with van der Waals surface area (Å²) in [7, 11) is 1.75. The second-order valence-electron chi connectivity index (χ2n) is 5.56. The SMILES string of the molecule is COc1ccccc1CN1CC2CNCC2C1C. The average molecular weight is 246 g/mol. The van der Waals surface area contributed by atoms with Crippen molar-refractivity contribution in [3.05, 3.63) is 29.8 Å². The summed E-state index contributed by atoms with van der Waals surface area (Å²) in [5.74, 6) is 2.69. The molecule has 0 radical (unpaired) electrons. The first-order chi connectivity index (χ1) is 8.79. The summed E-state index contributed by atoms with van der Waals surface area (Å²) < 4.78 is 5.45. The Morgan fingerprint density at radius 3 is 2.94 bits per heavy atom. The number of nitrogens with one attached hydrogen (secondary N) is 1. The van der Waals surface area contributed by atoms with Gasteiger partial charge < -0.3 is 10.1 Å². The van der Waals surface area contributed by atoms with Crippen molar-refractivity contribution in [2.24, 2.45) is 11.8 Å². The zero-order valence-electron chi connectivity index (χ0n) is 11.2. The van der Waals surface area contributed by atoms with Crippen molar-refractivity contribution < 1.29 is 4.74 Å². The lowest BCUT2D eigenvalue weighted by Gasteiger charge is -2.25. The normalized spacial score (nSPS) is 31.6. The van der Waals surface area contributed by atoms with E-state index in [9.17, 15) is 0 Å². The molecule has 0 aromatic heterocycles. The molecular weight excluding hydrogens is 224 g/mol. The van der Waals surface area contributed by atoms with E-state index < -0.39 is 0 Å². The molecule has 3 unspecified atom stereocenters. The highest BCUT2D eigenvalue weighted by atomic mass is 16.5. The molecule has 2 fully saturated rings. The maximum atomic E-state index is 5.45. The van der Waals surface area contributed by atoms with E-state index in [1.807, 2.05) is 6.07 Å². The van der Waals surface area contributed by atoms with E-state index in [4.69, 9.17) is 4.74 Å². The fraction of sp³-hybridized carbons (Fsp3) is 0.600. The van der Waals surface area contributed by atoms with Crippen molar-refractivity contribution in [1.82, 2.24) is 10.2 Å². The van der Waals surface area contributed by atoms with Gasteiger partial charge in [-0.05, 0) is 37.9 Å². The third-order valence-corrected chi connectivity index (χ3v) is 4.62. The first-order valence-electron chi connectivity index (χ1n) is 6.86. The topological polar surface area (TPSA) is 24.5 Å². The minimum atomic E-state index is 0.676. The molecule has 1 N–H and O–H groups in total. The van der Waals surface area contributed by atoms with Gasteiger partial charge in [-0.15, -0.1) is 0 Å². The van der Waals surface area contributed by atoms with Crippen LogP contribution in [0.25, 0.3) is 0 Å². The maximum absolute atomic E-state index is 5.45. The summed E-state index contributed by atoms with van der Waals surface area (Å²) in [6.07, 6.45) is 0. The largest absolute Gasteiger partial charge is 0.496 e. The summed E-state index contributed by atoms with van der Waals surface area (Å²) in [6.45, 7) is 6.98. The van der Waals surface area contributed by atoms with Crippen LogP contribution in [0.2, 0.25) is 0 Å². The Morgan fingerprint density at radius 2 is 2.17 bits per heavy atom. The number of hydrogen-bond acceptors (Lipinski definition) is 3. The summed E-state index contributed by atoms with van der Waals surface area (Å²) in [5.41, 5.74) is 1.31. The number of likely N-dealkylation sites (tertiary alicyclic amines) is 1. The lowest BCUT2D eigenvalue weighted by Crippen LogP contribution is -2.32. The van der Waals surface area contributed by atoms with Crippen LogP contribution in [0.15, 0.2) is 24.3 Å². The van der Waals surface area contributed by atoms with Gasteiger partial charge in [0.1, 0.15) is 5.75 Å². The van der Waals surface area contributed by atoms with Crippen LogP contribution in [0, 0.1) is 11.8 Å². The van der Waals surface area contributed by atoms with Gasteiger partial charge in [0.05, 0.1) is 7.11 Å². The first kappa shape index (κ1) is 12.0. The van der Waals surface area contributed by atoms with E-state index in [1.54, 1.807) is 7.11 Å². The van der Waals surface area contributed by atoms with E-state index in [1.165, 1.54) is 25.2 Å². The molecule has 3 nitrogen and oxygen atoms in total. The molecule has 98 valence electrons. The molecule has 3 atom stereocenters. The van der Waals surface area contributed by atoms with Crippen LogP contribution in [0.4, 0.5) is 0 Å². The fourth-order valence-corrected chi connectivity index (χ4v) is 3.52. The van der Waals surface area contributed by atoms with Crippen LogP contribution >= 0.6 is 0 Å². The number of benzene rings is 1. The average Bonchev–Trinajstić information content (AvgIpc) is 2.95. The number of para-hydroxylation sites is 1. The highest BCUT2D eigenvalue weighted by Crippen LogP contribution is 2.34. The number of nitrogens with zero attached hydrogens (tertiary/aromatic N) is 1. The quantitative estimate of drug-likeness (QED) is 0.879. The highest BCUT2D eigenvalue weighted by Gasteiger charge is 2.41. The predicted octanol–water partition coefficient (Wildman–Crippen LogP) is 1.73. The zero-order chi connectivity index (χ0) is 12.5. The molecule has 1 aromatic carbocycles. The second-order valence-corrected chi connectivity index (χ2v) is 5.56. The van der Waals surface area contributed by atoms with Gasteiger partial charge in [0.25, 0.3) is 0 Å². The van der Waals surface area contributed by atoms with Crippen LogP contribution in [0.1, 0.15) is 12.5 Å². The van der Waals surface area contributed by atoms with Gasteiger partial charge in [-0.1, -0.05) is 18.2 Å². The lowest BCUT2D eigenvalue weighted by molar-refractivity contribution is 0.228. The Labute approximate surface area is 109 Å².